The summed E-state index contributed by atoms with van der Waals surface area (Å²) in [5, 5.41) is 0. The third-order valence-electron chi connectivity index (χ3n) is 10.2. The van der Waals surface area contributed by atoms with Gasteiger partial charge in [0.15, 0.2) is 0 Å². The Morgan fingerprint density at radius 3 is 2.35 bits per heavy atom. The van der Waals surface area contributed by atoms with Crippen molar-refractivity contribution in [3.05, 3.63) is 11.8 Å². The van der Waals surface area contributed by atoms with Crippen molar-refractivity contribution in [3.8, 4) is 0 Å². The summed E-state index contributed by atoms with van der Waals surface area (Å²) in [6.07, 6.45) is 11.6. The van der Waals surface area contributed by atoms with Crippen molar-refractivity contribution in [1.82, 2.24) is 0 Å². The van der Waals surface area contributed by atoms with Crippen LogP contribution < -0.4 is 0 Å². The highest BCUT2D eigenvalue weighted by molar-refractivity contribution is 6.70. The molecule has 4 rings (SSSR count). The highest BCUT2D eigenvalue weighted by Gasteiger charge is 2.62. The van der Waals surface area contributed by atoms with Crippen LogP contribution in [0.1, 0.15) is 72.6 Å². The predicted octanol–water partition coefficient (Wildman–Crippen LogP) is 7.05. The van der Waals surface area contributed by atoms with Gasteiger partial charge in [-0.25, -0.2) is 0 Å². The Kier molecular flexibility index (Phi) is 5.97. The lowest BCUT2D eigenvalue weighted by Gasteiger charge is -2.60. The molecule has 4 aliphatic carbocycles. The highest BCUT2D eigenvalue weighted by Crippen LogP contribution is 2.68. The molecule has 0 bridgehead atoms. The molecule has 0 amide bonds. The first-order chi connectivity index (χ1) is 14.4. The fourth-order valence-corrected chi connectivity index (χ4v) is 9.45. The standard InChI is InChI=1S/C27H46O3Si/c1-17-11-13-26(3)19(15-17)16-23(30-31(6,7)8)24-21-10-9-20(18(2)25(28)29-5)27(21,4)14-12-22(24)26/h16-22,24H,9-15H2,1-8H3/t17-,18+,19+,20-,21+,22+,24+,26+,27-/m1/s1. The molecule has 4 aliphatic rings. The summed E-state index contributed by atoms with van der Waals surface area (Å²) in [4.78, 5) is 12.5. The third-order valence-corrected chi connectivity index (χ3v) is 11.0. The normalized spacial score (nSPS) is 45.6. The number of allylic oxidation sites excluding steroid dienone is 2. The molecule has 0 heterocycles. The van der Waals surface area contributed by atoms with Crippen LogP contribution in [0.25, 0.3) is 0 Å². The van der Waals surface area contributed by atoms with Gasteiger partial charge >= 0.3 is 5.97 Å². The van der Waals surface area contributed by atoms with E-state index in [0.717, 1.165) is 18.3 Å². The minimum Gasteiger partial charge on any atom is -0.547 e. The molecular formula is C27H46O3Si. The van der Waals surface area contributed by atoms with Crippen molar-refractivity contribution in [3.63, 3.8) is 0 Å². The number of esters is 1. The first kappa shape index (κ1) is 23.4. The molecule has 176 valence electrons. The Hall–Kier alpha value is -0.773. The molecule has 0 aromatic carbocycles. The largest absolute Gasteiger partial charge is 0.547 e. The molecule has 4 heteroatoms. The zero-order valence-electron chi connectivity index (χ0n) is 21.3. The maximum Gasteiger partial charge on any atom is 0.308 e. The Morgan fingerprint density at radius 1 is 1.06 bits per heavy atom. The van der Waals surface area contributed by atoms with E-state index in [9.17, 15) is 4.79 Å². The van der Waals surface area contributed by atoms with Crippen LogP contribution in [0.5, 0.6) is 0 Å². The molecule has 0 saturated heterocycles. The summed E-state index contributed by atoms with van der Waals surface area (Å²) in [6, 6.07) is 0. The van der Waals surface area contributed by atoms with Gasteiger partial charge in [-0.2, -0.15) is 0 Å². The molecule has 0 spiro atoms. The number of hydrogen-bond donors (Lipinski definition) is 0. The van der Waals surface area contributed by atoms with Gasteiger partial charge in [0, 0.05) is 5.92 Å². The maximum absolute atomic E-state index is 12.5. The minimum absolute atomic E-state index is 0.00987. The number of carbonyl (C=O) groups excluding carboxylic acids is 1. The number of methoxy groups -OCH3 is 1. The summed E-state index contributed by atoms with van der Waals surface area (Å²) in [5.74, 6) is 5.12. The van der Waals surface area contributed by atoms with Gasteiger partial charge in [-0.3, -0.25) is 4.79 Å². The van der Waals surface area contributed by atoms with E-state index in [4.69, 9.17) is 9.16 Å². The van der Waals surface area contributed by atoms with Gasteiger partial charge in [0.2, 0.25) is 8.32 Å². The van der Waals surface area contributed by atoms with Crippen molar-refractivity contribution in [2.45, 2.75) is 92.3 Å². The van der Waals surface area contributed by atoms with E-state index in [0.29, 0.717) is 29.1 Å². The molecule has 0 aromatic heterocycles. The first-order valence-electron chi connectivity index (χ1n) is 12.9. The molecule has 3 saturated carbocycles. The third kappa shape index (κ3) is 3.83. The second kappa shape index (κ2) is 7.92. The zero-order valence-corrected chi connectivity index (χ0v) is 22.3. The van der Waals surface area contributed by atoms with Crippen molar-refractivity contribution in [1.29, 1.82) is 0 Å². The van der Waals surface area contributed by atoms with Gasteiger partial charge in [-0.1, -0.05) is 34.1 Å². The molecule has 0 aromatic rings. The highest BCUT2D eigenvalue weighted by atomic mass is 28.4. The summed E-state index contributed by atoms with van der Waals surface area (Å²) >= 11 is 0. The molecule has 3 fully saturated rings. The zero-order chi connectivity index (χ0) is 22.8. The quantitative estimate of drug-likeness (QED) is 0.343. The molecule has 0 radical (unpaired) electrons. The Balaban J connectivity index is 1.73. The smallest absolute Gasteiger partial charge is 0.308 e. The fraction of sp³-hybridized carbons (Fsp3) is 0.889. The minimum atomic E-state index is -1.69. The van der Waals surface area contributed by atoms with E-state index in [1.165, 1.54) is 44.3 Å². The van der Waals surface area contributed by atoms with Crippen LogP contribution in [0.3, 0.4) is 0 Å². The number of hydrogen-bond acceptors (Lipinski definition) is 3. The van der Waals surface area contributed by atoms with Crippen LogP contribution >= 0.6 is 0 Å². The van der Waals surface area contributed by atoms with E-state index in [1.807, 2.05) is 0 Å². The van der Waals surface area contributed by atoms with Gasteiger partial charge in [-0.05, 0) is 105 Å². The average molecular weight is 447 g/mol. The lowest BCUT2D eigenvalue weighted by Crippen LogP contribution is -2.54. The molecule has 0 unspecified atom stereocenters. The monoisotopic (exact) mass is 446 g/mol. The topological polar surface area (TPSA) is 35.5 Å². The number of rotatable bonds is 4. The predicted molar refractivity (Wildman–Crippen MR) is 129 cm³/mol. The summed E-state index contributed by atoms with van der Waals surface area (Å²) in [5.41, 5.74) is 0.624. The molecular weight excluding hydrogens is 400 g/mol. The van der Waals surface area contributed by atoms with Gasteiger partial charge in [-0.15, -0.1) is 0 Å². The lowest BCUT2D eigenvalue weighted by molar-refractivity contribution is -0.150. The van der Waals surface area contributed by atoms with E-state index in [2.05, 4.69) is 53.4 Å². The Morgan fingerprint density at radius 2 is 1.71 bits per heavy atom. The van der Waals surface area contributed by atoms with E-state index >= 15 is 0 Å². The second-order valence-electron chi connectivity index (χ2n) is 13.1. The number of carbonyl (C=O) groups is 1. The molecule has 9 atom stereocenters. The van der Waals surface area contributed by atoms with Crippen molar-refractivity contribution in [2.75, 3.05) is 7.11 Å². The number of ether oxygens (including phenoxy) is 1. The Labute approximate surface area is 191 Å². The summed E-state index contributed by atoms with van der Waals surface area (Å²) in [7, 11) is -0.151. The Bertz CT molecular complexity index is 739. The average Bonchev–Trinajstić information content (AvgIpc) is 3.04. The van der Waals surface area contributed by atoms with Gasteiger partial charge < -0.3 is 9.16 Å². The van der Waals surface area contributed by atoms with Crippen molar-refractivity contribution < 1.29 is 14.0 Å². The number of fused-ring (bicyclic) bond motifs is 5. The van der Waals surface area contributed by atoms with Gasteiger partial charge in [0.05, 0.1) is 18.8 Å². The van der Waals surface area contributed by atoms with Crippen LogP contribution in [-0.4, -0.2) is 21.4 Å². The van der Waals surface area contributed by atoms with Gasteiger partial charge in [0.25, 0.3) is 0 Å². The van der Waals surface area contributed by atoms with Gasteiger partial charge in [0.1, 0.15) is 0 Å². The molecule has 0 aliphatic heterocycles. The van der Waals surface area contributed by atoms with Crippen LogP contribution in [0.2, 0.25) is 19.6 Å². The maximum atomic E-state index is 12.5. The SMILES string of the molecule is COC(=O)[C@@H](C)[C@H]1CC[C@H]2[C@@H]3C(O[Si](C)(C)C)=C[C@@H]4C[C@H](C)CC[C@]4(C)[C@H]3CC[C@]12C. The van der Waals surface area contributed by atoms with Crippen LogP contribution in [0.4, 0.5) is 0 Å². The second-order valence-corrected chi connectivity index (χ2v) is 17.5. The summed E-state index contributed by atoms with van der Waals surface area (Å²) < 4.78 is 12.1. The first-order valence-corrected chi connectivity index (χ1v) is 16.3. The van der Waals surface area contributed by atoms with Crippen molar-refractivity contribution >= 4 is 14.3 Å². The molecule has 0 N–H and O–H groups in total. The van der Waals surface area contributed by atoms with E-state index < -0.39 is 8.32 Å². The van der Waals surface area contributed by atoms with Crippen LogP contribution in [-0.2, 0) is 14.0 Å². The van der Waals surface area contributed by atoms with Crippen molar-refractivity contribution in [2.24, 2.45) is 52.3 Å². The summed E-state index contributed by atoms with van der Waals surface area (Å²) in [6.45, 7) is 16.6. The molecule has 3 nitrogen and oxygen atoms in total. The lowest BCUT2D eigenvalue weighted by atomic mass is 9.45. The van der Waals surface area contributed by atoms with E-state index in [1.54, 1.807) is 7.11 Å². The van der Waals surface area contributed by atoms with Crippen LogP contribution in [0.15, 0.2) is 11.8 Å². The molecule has 31 heavy (non-hydrogen) atoms. The van der Waals surface area contributed by atoms with Crippen LogP contribution in [0, 0.1) is 52.3 Å². The fourth-order valence-electron chi connectivity index (χ4n) is 8.54. The van der Waals surface area contributed by atoms with E-state index in [-0.39, 0.29) is 17.3 Å².